The Morgan fingerprint density at radius 1 is 1.26 bits per heavy atom. The van der Waals surface area contributed by atoms with Crippen molar-refractivity contribution >= 4 is 22.3 Å². The summed E-state index contributed by atoms with van der Waals surface area (Å²) in [6.45, 7) is 2.00. The molecular formula is C13H17N5O. The van der Waals surface area contributed by atoms with Crippen molar-refractivity contribution < 1.29 is 0 Å². The molecule has 0 spiro atoms. The molecule has 3 rings (SSSR count). The zero-order chi connectivity index (χ0) is 13.2. The SMILES string of the molecule is Nc1ccc2c(=O)[nH]nc(NC3CCNCC3)c2c1. The highest BCUT2D eigenvalue weighted by molar-refractivity contribution is 5.93. The quantitative estimate of drug-likeness (QED) is 0.594. The molecular weight excluding hydrogens is 242 g/mol. The highest BCUT2D eigenvalue weighted by atomic mass is 16.1. The Labute approximate surface area is 110 Å². The summed E-state index contributed by atoms with van der Waals surface area (Å²) in [6, 6.07) is 5.63. The lowest BCUT2D eigenvalue weighted by Crippen LogP contribution is -2.35. The van der Waals surface area contributed by atoms with Crippen LogP contribution in [0.5, 0.6) is 0 Å². The van der Waals surface area contributed by atoms with Gasteiger partial charge in [-0.25, -0.2) is 5.10 Å². The van der Waals surface area contributed by atoms with E-state index in [0.717, 1.165) is 31.3 Å². The second-order valence-corrected chi connectivity index (χ2v) is 4.87. The van der Waals surface area contributed by atoms with Crippen molar-refractivity contribution in [2.45, 2.75) is 18.9 Å². The minimum absolute atomic E-state index is 0.189. The van der Waals surface area contributed by atoms with Crippen LogP contribution in [-0.4, -0.2) is 29.3 Å². The molecule has 1 saturated heterocycles. The van der Waals surface area contributed by atoms with Gasteiger partial charge in [-0.3, -0.25) is 4.79 Å². The summed E-state index contributed by atoms with van der Waals surface area (Å²) in [5, 5.41) is 14.8. The molecule has 0 amide bonds. The predicted molar refractivity (Wildman–Crippen MR) is 76.3 cm³/mol. The van der Waals surface area contributed by atoms with E-state index in [1.165, 1.54) is 0 Å². The number of H-pyrrole nitrogens is 1. The van der Waals surface area contributed by atoms with Crippen molar-refractivity contribution in [3.05, 3.63) is 28.6 Å². The van der Waals surface area contributed by atoms with Crippen LogP contribution in [0.2, 0.25) is 0 Å². The van der Waals surface area contributed by atoms with Gasteiger partial charge in [0.2, 0.25) is 0 Å². The number of benzene rings is 1. The average Bonchev–Trinajstić information content (AvgIpc) is 2.43. The van der Waals surface area contributed by atoms with Gasteiger partial charge < -0.3 is 16.4 Å². The van der Waals surface area contributed by atoms with Crippen molar-refractivity contribution in [2.24, 2.45) is 0 Å². The predicted octanol–water partition coefficient (Wildman–Crippen LogP) is 0.669. The largest absolute Gasteiger partial charge is 0.399 e. The number of fused-ring (bicyclic) bond motifs is 1. The maximum Gasteiger partial charge on any atom is 0.272 e. The minimum Gasteiger partial charge on any atom is -0.399 e. The van der Waals surface area contributed by atoms with Gasteiger partial charge in [-0.05, 0) is 44.1 Å². The summed E-state index contributed by atoms with van der Waals surface area (Å²) in [6.07, 6.45) is 2.09. The fourth-order valence-electron chi connectivity index (χ4n) is 2.45. The Morgan fingerprint density at radius 2 is 2.05 bits per heavy atom. The van der Waals surface area contributed by atoms with E-state index in [9.17, 15) is 4.79 Å². The fraction of sp³-hybridized carbons (Fsp3) is 0.385. The molecule has 1 fully saturated rings. The van der Waals surface area contributed by atoms with Crippen LogP contribution >= 0.6 is 0 Å². The van der Waals surface area contributed by atoms with Crippen LogP contribution in [0, 0.1) is 0 Å². The first-order chi connectivity index (χ1) is 9.24. The Balaban J connectivity index is 2.00. The first-order valence-electron chi connectivity index (χ1n) is 6.49. The van der Waals surface area contributed by atoms with Crippen LogP contribution in [0.1, 0.15) is 12.8 Å². The maximum atomic E-state index is 11.7. The van der Waals surface area contributed by atoms with Crippen LogP contribution in [0.4, 0.5) is 11.5 Å². The third-order valence-electron chi connectivity index (χ3n) is 3.49. The van der Waals surface area contributed by atoms with E-state index in [1.807, 2.05) is 0 Å². The second-order valence-electron chi connectivity index (χ2n) is 4.87. The lowest BCUT2D eigenvalue weighted by atomic mass is 10.1. The van der Waals surface area contributed by atoms with Gasteiger partial charge in [0.1, 0.15) is 0 Å². The van der Waals surface area contributed by atoms with Gasteiger partial charge in [0.05, 0.1) is 5.39 Å². The Kier molecular flexibility index (Phi) is 3.08. The van der Waals surface area contributed by atoms with Crippen molar-refractivity contribution in [3.63, 3.8) is 0 Å². The molecule has 0 atom stereocenters. The molecule has 100 valence electrons. The van der Waals surface area contributed by atoms with E-state index in [0.29, 0.717) is 22.9 Å². The summed E-state index contributed by atoms with van der Waals surface area (Å²) in [5.74, 6) is 0.703. The summed E-state index contributed by atoms with van der Waals surface area (Å²) >= 11 is 0. The molecule has 1 aromatic carbocycles. The first kappa shape index (κ1) is 12.0. The molecule has 0 saturated carbocycles. The number of hydrogen-bond acceptors (Lipinski definition) is 5. The van der Waals surface area contributed by atoms with Gasteiger partial charge in [0.15, 0.2) is 5.82 Å². The van der Waals surface area contributed by atoms with E-state index >= 15 is 0 Å². The van der Waals surface area contributed by atoms with Gasteiger partial charge in [0.25, 0.3) is 5.56 Å². The number of anilines is 2. The van der Waals surface area contributed by atoms with Gasteiger partial charge in [-0.15, -0.1) is 0 Å². The third kappa shape index (κ3) is 2.39. The summed E-state index contributed by atoms with van der Waals surface area (Å²) < 4.78 is 0. The molecule has 0 bridgehead atoms. The number of nitrogens with two attached hydrogens (primary N) is 1. The highest BCUT2D eigenvalue weighted by Gasteiger charge is 2.15. The number of rotatable bonds is 2. The highest BCUT2D eigenvalue weighted by Crippen LogP contribution is 2.22. The zero-order valence-corrected chi connectivity index (χ0v) is 10.6. The molecule has 1 aliphatic rings. The van der Waals surface area contributed by atoms with E-state index in [-0.39, 0.29) is 5.56 Å². The summed E-state index contributed by atoms with van der Waals surface area (Å²) in [5.41, 5.74) is 6.24. The lowest BCUT2D eigenvalue weighted by molar-refractivity contribution is 0.478. The molecule has 5 N–H and O–H groups in total. The summed E-state index contributed by atoms with van der Waals surface area (Å²) in [4.78, 5) is 11.7. The van der Waals surface area contributed by atoms with Crippen LogP contribution in [0.25, 0.3) is 10.8 Å². The molecule has 1 aliphatic heterocycles. The number of aromatic amines is 1. The normalized spacial score (nSPS) is 16.6. The van der Waals surface area contributed by atoms with Gasteiger partial charge >= 0.3 is 0 Å². The van der Waals surface area contributed by atoms with E-state index in [1.54, 1.807) is 18.2 Å². The van der Waals surface area contributed by atoms with E-state index < -0.39 is 0 Å². The van der Waals surface area contributed by atoms with Crippen molar-refractivity contribution in [3.8, 4) is 0 Å². The van der Waals surface area contributed by atoms with Crippen molar-refractivity contribution in [1.82, 2.24) is 15.5 Å². The van der Waals surface area contributed by atoms with Crippen molar-refractivity contribution in [2.75, 3.05) is 24.1 Å². The lowest BCUT2D eigenvalue weighted by Gasteiger charge is -2.24. The molecule has 2 heterocycles. The molecule has 6 nitrogen and oxygen atoms in total. The van der Waals surface area contributed by atoms with Crippen LogP contribution in [0.15, 0.2) is 23.0 Å². The number of aromatic nitrogens is 2. The number of nitrogen functional groups attached to an aromatic ring is 1. The number of nitrogens with one attached hydrogen (secondary N) is 3. The molecule has 0 aliphatic carbocycles. The summed E-state index contributed by atoms with van der Waals surface area (Å²) in [7, 11) is 0. The monoisotopic (exact) mass is 259 g/mol. The maximum absolute atomic E-state index is 11.7. The molecule has 0 unspecified atom stereocenters. The smallest absolute Gasteiger partial charge is 0.272 e. The molecule has 0 radical (unpaired) electrons. The minimum atomic E-state index is -0.189. The Bertz CT molecular complexity index is 645. The van der Waals surface area contributed by atoms with Crippen molar-refractivity contribution in [1.29, 1.82) is 0 Å². The fourth-order valence-corrected chi connectivity index (χ4v) is 2.45. The Hall–Kier alpha value is -2.08. The number of piperidine rings is 1. The van der Waals surface area contributed by atoms with E-state index in [2.05, 4.69) is 20.8 Å². The van der Waals surface area contributed by atoms with Gasteiger partial charge in [0, 0.05) is 17.1 Å². The molecule has 6 heteroatoms. The topological polar surface area (TPSA) is 95.8 Å². The van der Waals surface area contributed by atoms with Gasteiger partial charge in [-0.1, -0.05) is 0 Å². The van der Waals surface area contributed by atoms with Crippen LogP contribution < -0.4 is 21.9 Å². The molecule has 2 aromatic rings. The van der Waals surface area contributed by atoms with Crippen LogP contribution in [0.3, 0.4) is 0 Å². The van der Waals surface area contributed by atoms with Crippen LogP contribution in [-0.2, 0) is 0 Å². The molecule has 1 aromatic heterocycles. The zero-order valence-electron chi connectivity index (χ0n) is 10.6. The average molecular weight is 259 g/mol. The first-order valence-corrected chi connectivity index (χ1v) is 6.49. The standard InChI is InChI=1S/C13H17N5O/c14-8-1-2-10-11(7-8)12(17-18-13(10)19)16-9-3-5-15-6-4-9/h1-2,7,9,15H,3-6,14H2,(H,16,17)(H,18,19). The second kappa shape index (κ2) is 4.89. The number of hydrogen-bond donors (Lipinski definition) is 4. The number of nitrogens with zero attached hydrogens (tertiary/aromatic N) is 1. The van der Waals surface area contributed by atoms with E-state index in [4.69, 9.17) is 5.73 Å². The Morgan fingerprint density at radius 3 is 2.84 bits per heavy atom. The molecule has 19 heavy (non-hydrogen) atoms. The van der Waals surface area contributed by atoms with Gasteiger partial charge in [-0.2, -0.15) is 5.10 Å². The third-order valence-corrected chi connectivity index (χ3v) is 3.49.